The summed E-state index contributed by atoms with van der Waals surface area (Å²) in [6.07, 6.45) is 1.54. The zero-order valence-electron chi connectivity index (χ0n) is 16.0. The first kappa shape index (κ1) is 19.8. The number of benzene rings is 1. The summed E-state index contributed by atoms with van der Waals surface area (Å²) in [5.41, 5.74) is 2.87. The molecule has 1 aliphatic heterocycles. The number of nitrogens with one attached hydrogen (secondary N) is 2. The highest BCUT2D eigenvalue weighted by molar-refractivity contribution is 7.80. The predicted molar refractivity (Wildman–Crippen MR) is 113 cm³/mol. The van der Waals surface area contributed by atoms with Crippen molar-refractivity contribution in [3.05, 3.63) is 59.9 Å². The highest BCUT2D eigenvalue weighted by Gasteiger charge is 2.53. The van der Waals surface area contributed by atoms with Crippen LogP contribution in [0.25, 0.3) is 0 Å². The van der Waals surface area contributed by atoms with E-state index in [4.69, 9.17) is 12.2 Å². The van der Waals surface area contributed by atoms with Gasteiger partial charge in [0.1, 0.15) is 6.10 Å². The maximum Gasteiger partial charge on any atom is 0.225 e. The molecule has 152 valence electrons. The second kappa shape index (κ2) is 8.06. The van der Waals surface area contributed by atoms with Gasteiger partial charge in [0.2, 0.25) is 5.91 Å². The van der Waals surface area contributed by atoms with E-state index in [1.165, 1.54) is 0 Å². The molecule has 2 aromatic rings. The molecule has 1 aliphatic carbocycles. The number of nitrogens with zero attached hydrogens (tertiary/aromatic N) is 2. The standard InChI is InChI=1S/C21H24N4O3S/c1-12-4-6-14(7-5-12)25-18-15(9-16(26)19(27)17(18)24-21(25)29)20(28)23-11-13-3-2-8-22-10-13/h2-8,10,15-19,26-27H,9,11H2,1H3,(H,23,28)(H,24,29)/t15-,16-,17-,18+,19+/m1/s1. The number of pyridine rings is 1. The Balaban J connectivity index is 1.60. The number of carbonyl (C=O) groups excluding carboxylic acids is 1. The smallest absolute Gasteiger partial charge is 0.225 e. The van der Waals surface area contributed by atoms with Gasteiger partial charge in [-0.05, 0) is 49.3 Å². The molecule has 0 spiro atoms. The third kappa shape index (κ3) is 3.83. The number of anilines is 1. The van der Waals surface area contributed by atoms with Crippen LogP contribution >= 0.6 is 12.2 Å². The quantitative estimate of drug-likeness (QED) is 0.554. The number of aliphatic hydroxyl groups is 2. The van der Waals surface area contributed by atoms with Crippen LogP contribution in [0.5, 0.6) is 0 Å². The topological polar surface area (TPSA) is 97.7 Å². The van der Waals surface area contributed by atoms with Crippen molar-refractivity contribution in [3.8, 4) is 0 Å². The molecule has 1 saturated carbocycles. The van der Waals surface area contributed by atoms with Gasteiger partial charge in [0, 0.05) is 24.6 Å². The van der Waals surface area contributed by atoms with Gasteiger partial charge in [-0.3, -0.25) is 9.78 Å². The second-order valence-corrected chi connectivity index (χ2v) is 8.04. The Hall–Kier alpha value is -2.55. The Morgan fingerprint density at radius 1 is 1.31 bits per heavy atom. The largest absolute Gasteiger partial charge is 0.390 e. The third-order valence-electron chi connectivity index (χ3n) is 5.68. The van der Waals surface area contributed by atoms with Crippen molar-refractivity contribution < 1.29 is 15.0 Å². The van der Waals surface area contributed by atoms with Crippen molar-refractivity contribution in [2.45, 2.75) is 44.2 Å². The lowest BCUT2D eigenvalue weighted by Crippen LogP contribution is -2.60. The zero-order valence-corrected chi connectivity index (χ0v) is 16.8. The Labute approximate surface area is 174 Å². The number of amides is 1. The average Bonchev–Trinajstić information content (AvgIpc) is 3.07. The monoisotopic (exact) mass is 412 g/mol. The predicted octanol–water partition coefficient (Wildman–Crippen LogP) is 0.880. The van der Waals surface area contributed by atoms with E-state index < -0.39 is 30.2 Å². The fraction of sp³-hybridized carbons (Fsp3) is 0.381. The minimum Gasteiger partial charge on any atom is -0.390 e. The minimum atomic E-state index is -1.00. The minimum absolute atomic E-state index is 0.161. The number of carbonyl (C=O) groups is 1. The van der Waals surface area contributed by atoms with Crippen LogP contribution in [-0.4, -0.2) is 50.5 Å². The first-order valence-corrected chi connectivity index (χ1v) is 10.1. The zero-order chi connectivity index (χ0) is 20.5. The molecule has 2 heterocycles. The van der Waals surface area contributed by atoms with E-state index in [-0.39, 0.29) is 12.3 Å². The van der Waals surface area contributed by atoms with E-state index in [0.29, 0.717) is 11.7 Å². The molecule has 1 saturated heterocycles. The Morgan fingerprint density at radius 2 is 2.07 bits per heavy atom. The highest BCUT2D eigenvalue weighted by atomic mass is 32.1. The maximum atomic E-state index is 13.1. The van der Waals surface area contributed by atoms with Gasteiger partial charge < -0.3 is 25.7 Å². The van der Waals surface area contributed by atoms with Crippen molar-refractivity contribution >= 4 is 28.9 Å². The first-order chi connectivity index (χ1) is 14.0. The van der Waals surface area contributed by atoms with Crippen LogP contribution in [0.2, 0.25) is 0 Å². The van der Waals surface area contributed by atoms with Crippen LogP contribution in [0.3, 0.4) is 0 Å². The van der Waals surface area contributed by atoms with Crippen molar-refractivity contribution in [2.75, 3.05) is 4.90 Å². The van der Waals surface area contributed by atoms with Crippen molar-refractivity contribution in [3.63, 3.8) is 0 Å². The maximum absolute atomic E-state index is 13.1. The van der Waals surface area contributed by atoms with E-state index in [9.17, 15) is 15.0 Å². The molecule has 0 bridgehead atoms. The lowest BCUT2D eigenvalue weighted by Gasteiger charge is -2.41. The molecule has 2 aliphatic rings. The van der Waals surface area contributed by atoms with Crippen LogP contribution in [0.4, 0.5) is 5.69 Å². The van der Waals surface area contributed by atoms with E-state index in [2.05, 4.69) is 15.6 Å². The summed E-state index contributed by atoms with van der Waals surface area (Å²) in [5, 5.41) is 27.4. The number of fused-ring (bicyclic) bond motifs is 1. The molecule has 0 radical (unpaired) electrons. The number of thiocarbonyl (C=S) groups is 1. The van der Waals surface area contributed by atoms with E-state index in [1.54, 1.807) is 12.4 Å². The lowest BCUT2D eigenvalue weighted by molar-refractivity contribution is -0.131. The molecular formula is C21H24N4O3S. The van der Waals surface area contributed by atoms with Gasteiger partial charge in [-0.25, -0.2) is 0 Å². The molecule has 29 heavy (non-hydrogen) atoms. The van der Waals surface area contributed by atoms with Crippen LogP contribution in [-0.2, 0) is 11.3 Å². The fourth-order valence-corrected chi connectivity index (χ4v) is 4.53. The molecule has 4 N–H and O–H groups in total. The van der Waals surface area contributed by atoms with Gasteiger partial charge in [0.25, 0.3) is 0 Å². The lowest BCUT2D eigenvalue weighted by atomic mass is 9.77. The van der Waals surface area contributed by atoms with Crippen molar-refractivity contribution in [1.82, 2.24) is 15.6 Å². The Morgan fingerprint density at radius 3 is 2.76 bits per heavy atom. The fourth-order valence-electron chi connectivity index (χ4n) is 4.17. The van der Waals surface area contributed by atoms with Gasteiger partial charge in [-0.1, -0.05) is 23.8 Å². The van der Waals surface area contributed by atoms with Gasteiger partial charge in [0.15, 0.2) is 5.11 Å². The number of hydrogen-bond donors (Lipinski definition) is 4. The van der Waals surface area contributed by atoms with E-state index in [1.807, 2.05) is 48.2 Å². The molecule has 5 atom stereocenters. The van der Waals surface area contributed by atoms with Crippen LogP contribution in [0, 0.1) is 12.8 Å². The molecular weight excluding hydrogens is 388 g/mol. The van der Waals surface area contributed by atoms with Gasteiger partial charge >= 0.3 is 0 Å². The Kier molecular flexibility index (Phi) is 5.49. The number of aryl methyl sites for hydroxylation is 1. The van der Waals surface area contributed by atoms with Gasteiger partial charge in [-0.15, -0.1) is 0 Å². The normalized spacial score (nSPS) is 28.6. The molecule has 1 amide bonds. The summed E-state index contributed by atoms with van der Waals surface area (Å²) < 4.78 is 0. The number of rotatable bonds is 4. The molecule has 2 fully saturated rings. The van der Waals surface area contributed by atoms with Crippen molar-refractivity contribution in [2.24, 2.45) is 5.92 Å². The van der Waals surface area contributed by atoms with Crippen LogP contribution < -0.4 is 15.5 Å². The molecule has 0 unspecified atom stereocenters. The summed E-state index contributed by atoms with van der Waals surface area (Å²) in [4.78, 5) is 19.0. The van der Waals surface area contributed by atoms with Gasteiger partial charge in [0.05, 0.1) is 24.1 Å². The SMILES string of the molecule is Cc1ccc(N2C(=S)N[C@H]3[C@@H](O)[C@H](O)C[C@@H](C(=O)NCc4cccnc4)[C@@H]32)cc1. The van der Waals surface area contributed by atoms with E-state index in [0.717, 1.165) is 16.8 Å². The molecule has 4 rings (SSSR count). The molecule has 1 aromatic heterocycles. The Bertz CT molecular complexity index is 893. The van der Waals surface area contributed by atoms with E-state index >= 15 is 0 Å². The molecule has 8 heteroatoms. The van der Waals surface area contributed by atoms with Crippen molar-refractivity contribution in [1.29, 1.82) is 0 Å². The molecule has 1 aromatic carbocycles. The number of hydrogen-bond acceptors (Lipinski definition) is 5. The van der Waals surface area contributed by atoms with Crippen LogP contribution in [0.1, 0.15) is 17.5 Å². The summed E-state index contributed by atoms with van der Waals surface area (Å²) in [6, 6.07) is 10.7. The molecule has 7 nitrogen and oxygen atoms in total. The van der Waals surface area contributed by atoms with Crippen LogP contribution in [0.15, 0.2) is 48.8 Å². The second-order valence-electron chi connectivity index (χ2n) is 7.65. The third-order valence-corrected chi connectivity index (χ3v) is 6.00. The summed E-state index contributed by atoms with van der Waals surface area (Å²) in [6.45, 7) is 2.35. The summed E-state index contributed by atoms with van der Waals surface area (Å²) in [5.74, 6) is -0.720. The number of aliphatic hydroxyl groups excluding tert-OH is 2. The summed E-state index contributed by atoms with van der Waals surface area (Å²) in [7, 11) is 0. The van der Waals surface area contributed by atoms with Gasteiger partial charge in [-0.2, -0.15) is 0 Å². The number of aromatic nitrogens is 1. The average molecular weight is 413 g/mol. The highest BCUT2D eigenvalue weighted by Crippen LogP contribution is 2.36. The summed E-state index contributed by atoms with van der Waals surface area (Å²) >= 11 is 5.52. The first-order valence-electron chi connectivity index (χ1n) is 9.65.